The van der Waals surface area contributed by atoms with Gasteiger partial charge in [-0.2, -0.15) is 0 Å². The van der Waals surface area contributed by atoms with Crippen LogP contribution in [0.15, 0.2) is 18.2 Å². The number of methoxy groups -OCH3 is 2. The van der Waals surface area contributed by atoms with Crippen molar-refractivity contribution in [3.8, 4) is 11.5 Å². The fourth-order valence-corrected chi connectivity index (χ4v) is 4.28. The van der Waals surface area contributed by atoms with Gasteiger partial charge >= 0.3 is 5.97 Å². The van der Waals surface area contributed by atoms with Gasteiger partial charge in [0.2, 0.25) is 0 Å². The molecule has 1 aromatic carbocycles. The maximum Gasteiger partial charge on any atom is 0.348 e. The molecule has 2 heterocycles. The number of fused-ring (bicyclic) bond motifs is 1. The van der Waals surface area contributed by atoms with Crippen molar-refractivity contribution in [1.29, 1.82) is 0 Å². The van der Waals surface area contributed by atoms with Gasteiger partial charge in [-0.3, -0.25) is 0 Å². The molecule has 3 rings (SSSR count). The summed E-state index contributed by atoms with van der Waals surface area (Å²) in [5.74, 6) is 1.02. The maximum atomic E-state index is 11.9. The monoisotopic (exact) mass is 378 g/mol. The van der Waals surface area contributed by atoms with Gasteiger partial charge in [0.1, 0.15) is 4.88 Å². The van der Waals surface area contributed by atoms with E-state index in [0.717, 1.165) is 25.9 Å². The molecular formula is C17H18N2O4S2. The van der Waals surface area contributed by atoms with E-state index in [2.05, 4.69) is 10.3 Å². The molecule has 3 aromatic rings. The lowest BCUT2D eigenvalue weighted by molar-refractivity contribution is 0.0531. The van der Waals surface area contributed by atoms with Crippen molar-refractivity contribution in [2.75, 3.05) is 26.1 Å². The molecule has 0 atom stereocenters. The number of aromatic nitrogens is 1. The summed E-state index contributed by atoms with van der Waals surface area (Å²) < 4.78 is 16.7. The summed E-state index contributed by atoms with van der Waals surface area (Å²) in [7, 11) is 3.20. The van der Waals surface area contributed by atoms with Gasteiger partial charge in [0.05, 0.1) is 36.0 Å². The first-order valence-corrected chi connectivity index (χ1v) is 9.26. The molecule has 0 aliphatic carbocycles. The minimum Gasteiger partial charge on any atom is -0.493 e. The molecule has 25 heavy (non-hydrogen) atoms. The molecule has 1 N–H and O–H groups in total. The number of carbonyl (C=O) groups is 1. The number of esters is 1. The van der Waals surface area contributed by atoms with Crippen LogP contribution < -0.4 is 14.8 Å². The van der Waals surface area contributed by atoms with Gasteiger partial charge in [-0.15, -0.1) is 11.3 Å². The zero-order valence-electron chi connectivity index (χ0n) is 14.3. The number of nitrogens with one attached hydrogen (secondary N) is 1. The number of benzene rings is 1. The van der Waals surface area contributed by atoms with Crippen LogP contribution in [0.3, 0.4) is 0 Å². The Kier molecular flexibility index (Phi) is 5.10. The van der Waals surface area contributed by atoms with E-state index in [9.17, 15) is 4.79 Å². The maximum absolute atomic E-state index is 11.9. The van der Waals surface area contributed by atoms with Crippen LogP contribution in [-0.2, 0) is 4.74 Å². The van der Waals surface area contributed by atoms with Crippen molar-refractivity contribution in [2.24, 2.45) is 0 Å². The normalized spacial score (nSPS) is 10.7. The van der Waals surface area contributed by atoms with Crippen LogP contribution in [0.4, 0.5) is 10.1 Å². The predicted molar refractivity (Wildman–Crippen MR) is 101 cm³/mol. The van der Waals surface area contributed by atoms with E-state index in [1.807, 2.05) is 25.1 Å². The molecule has 0 aliphatic rings. The van der Waals surface area contributed by atoms with E-state index >= 15 is 0 Å². The van der Waals surface area contributed by atoms with E-state index in [1.165, 1.54) is 22.7 Å². The summed E-state index contributed by atoms with van der Waals surface area (Å²) in [6, 6.07) is 5.67. The van der Waals surface area contributed by atoms with Crippen molar-refractivity contribution in [1.82, 2.24) is 4.98 Å². The number of hydrogen-bond acceptors (Lipinski definition) is 8. The van der Waals surface area contributed by atoms with Crippen LogP contribution in [-0.4, -0.2) is 31.8 Å². The predicted octanol–water partition coefficient (Wildman–Crippen LogP) is 4.60. The summed E-state index contributed by atoms with van der Waals surface area (Å²) in [6.45, 7) is 4.05. The van der Waals surface area contributed by atoms with Crippen molar-refractivity contribution < 1.29 is 19.0 Å². The highest BCUT2D eigenvalue weighted by Crippen LogP contribution is 2.38. The smallest absolute Gasteiger partial charge is 0.348 e. The zero-order chi connectivity index (χ0) is 18.0. The number of rotatable bonds is 6. The van der Waals surface area contributed by atoms with E-state index in [4.69, 9.17) is 14.2 Å². The van der Waals surface area contributed by atoms with Crippen LogP contribution in [0.2, 0.25) is 0 Å². The Labute approximate surface area is 153 Å². The lowest BCUT2D eigenvalue weighted by atomic mass is 10.3. The molecule has 0 spiro atoms. The van der Waals surface area contributed by atoms with Crippen LogP contribution in [0.5, 0.6) is 11.5 Å². The van der Waals surface area contributed by atoms with Gasteiger partial charge in [-0.1, -0.05) is 11.3 Å². The number of ether oxygens (including phenoxy) is 3. The summed E-state index contributed by atoms with van der Waals surface area (Å²) >= 11 is 2.87. The zero-order valence-corrected chi connectivity index (χ0v) is 16.0. The fraction of sp³-hybridized carbons (Fsp3) is 0.294. The molecule has 132 valence electrons. The Balaban J connectivity index is 1.88. The second kappa shape index (κ2) is 7.28. The summed E-state index contributed by atoms with van der Waals surface area (Å²) in [4.78, 5) is 17.1. The number of thiazole rings is 1. The Morgan fingerprint density at radius 2 is 1.88 bits per heavy atom. The van der Waals surface area contributed by atoms with Gasteiger partial charge < -0.3 is 19.5 Å². The van der Waals surface area contributed by atoms with Crippen LogP contribution >= 0.6 is 22.7 Å². The Morgan fingerprint density at radius 1 is 1.16 bits per heavy atom. The molecule has 0 saturated heterocycles. The highest BCUT2D eigenvalue weighted by atomic mass is 32.1. The first-order chi connectivity index (χ1) is 12.0. The van der Waals surface area contributed by atoms with Crippen molar-refractivity contribution in [2.45, 2.75) is 13.8 Å². The third-order valence-electron chi connectivity index (χ3n) is 3.50. The highest BCUT2D eigenvalue weighted by molar-refractivity contribution is 7.23. The second-order valence-electron chi connectivity index (χ2n) is 5.16. The quantitative estimate of drug-likeness (QED) is 0.632. The number of aryl methyl sites for hydroxylation is 1. The number of carbonyl (C=O) groups excluding carboxylic acids is 1. The largest absolute Gasteiger partial charge is 0.493 e. The molecular weight excluding hydrogens is 360 g/mol. The number of anilines is 2. The van der Waals surface area contributed by atoms with Crippen molar-refractivity contribution >= 4 is 49.0 Å². The molecule has 8 heteroatoms. The molecule has 0 bridgehead atoms. The third kappa shape index (κ3) is 3.54. The van der Waals surface area contributed by atoms with Crippen molar-refractivity contribution in [3.05, 3.63) is 28.6 Å². The Bertz CT molecular complexity index is 876. The molecule has 2 aromatic heterocycles. The van der Waals surface area contributed by atoms with Crippen molar-refractivity contribution in [3.63, 3.8) is 0 Å². The van der Waals surface area contributed by atoms with E-state index in [1.54, 1.807) is 21.1 Å². The first kappa shape index (κ1) is 17.5. The minimum atomic E-state index is -0.295. The van der Waals surface area contributed by atoms with Gasteiger partial charge in [0.15, 0.2) is 16.6 Å². The van der Waals surface area contributed by atoms with Crippen LogP contribution in [0.25, 0.3) is 10.2 Å². The molecule has 6 nitrogen and oxygen atoms in total. The number of nitrogens with zero attached hydrogens (tertiary/aromatic N) is 1. The summed E-state index contributed by atoms with van der Waals surface area (Å²) in [5, 5.41) is 4.85. The standard InChI is InChI=1S/C17H18N2O4S2/c1-5-23-16(20)15-9(2)6-14(25-15)19-17-18-10-7-11(21-3)12(22-4)8-13(10)24-17/h6-8H,5H2,1-4H3,(H,18,19). The van der Waals surface area contributed by atoms with E-state index < -0.39 is 0 Å². The van der Waals surface area contributed by atoms with Gasteiger partial charge in [0.25, 0.3) is 0 Å². The molecule has 0 aliphatic heterocycles. The number of hydrogen-bond donors (Lipinski definition) is 1. The molecule has 0 saturated carbocycles. The first-order valence-electron chi connectivity index (χ1n) is 7.62. The summed E-state index contributed by atoms with van der Waals surface area (Å²) in [6.07, 6.45) is 0. The second-order valence-corrected chi connectivity index (χ2v) is 7.25. The summed E-state index contributed by atoms with van der Waals surface area (Å²) in [5.41, 5.74) is 1.71. The SMILES string of the molecule is CCOC(=O)c1sc(Nc2nc3cc(OC)c(OC)cc3s2)cc1C. The minimum absolute atomic E-state index is 0.295. The molecule has 0 amide bonds. The molecule has 0 unspecified atom stereocenters. The van der Waals surface area contributed by atoms with Gasteiger partial charge in [-0.25, -0.2) is 9.78 Å². The topological polar surface area (TPSA) is 69.7 Å². The van der Waals surface area contributed by atoms with E-state index in [-0.39, 0.29) is 5.97 Å². The van der Waals surface area contributed by atoms with Gasteiger partial charge in [0, 0.05) is 12.1 Å². The van der Waals surface area contributed by atoms with Gasteiger partial charge in [-0.05, 0) is 25.5 Å². The lowest BCUT2D eigenvalue weighted by Crippen LogP contribution is -2.03. The third-order valence-corrected chi connectivity index (χ3v) is 5.57. The van der Waals surface area contributed by atoms with Crippen LogP contribution in [0, 0.1) is 6.92 Å². The highest BCUT2D eigenvalue weighted by Gasteiger charge is 2.16. The average molecular weight is 378 g/mol. The average Bonchev–Trinajstić information content (AvgIpc) is 3.15. The Hall–Kier alpha value is -2.32. The van der Waals surface area contributed by atoms with Crippen LogP contribution in [0.1, 0.15) is 22.2 Å². The molecule has 0 radical (unpaired) electrons. The lowest BCUT2D eigenvalue weighted by Gasteiger charge is -2.05. The number of thiophene rings is 1. The van der Waals surface area contributed by atoms with E-state index in [0.29, 0.717) is 23.0 Å². The molecule has 0 fully saturated rings. The fourth-order valence-electron chi connectivity index (χ4n) is 2.36. The Morgan fingerprint density at radius 3 is 2.56 bits per heavy atom.